The van der Waals surface area contributed by atoms with Crippen LogP contribution in [-0.2, 0) is 7.05 Å². The molecule has 3 rings (SSSR count). The first kappa shape index (κ1) is 13.8. The quantitative estimate of drug-likeness (QED) is 0.665. The first-order valence-electron chi connectivity index (χ1n) is 6.31. The molecule has 8 heteroatoms. The highest BCUT2D eigenvalue weighted by atomic mass is 19.1. The van der Waals surface area contributed by atoms with Crippen molar-refractivity contribution in [2.75, 3.05) is 5.32 Å². The van der Waals surface area contributed by atoms with Crippen LogP contribution in [0.15, 0.2) is 35.3 Å². The van der Waals surface area contributed by atoms with Gasteiger partial charge in [0.1, 0.15) is 17.1 Å². The Morgan fingerprint density at radius 1 is 1.41 bits per heavy atom. The summed E-state index contributed by atoms with van der Waals surface area (Å²) in [7, 11) is 1.46. The molecule has 0 aliphatic rings. The minimum absolute atomic E-state index is 0.0518. The standard InChI is InChI=1S/C14H11FN4O3/c1-19-5-4-10(20)11(13(19)22)12(21)18-14-16-8-3-2-7(15)6-9(8)17-14/h2-6,20H,1H3,(H2,16,17,18,21). The number of amides is 1. The molecule has 0 radical (unpaired) electrons. The zero-order valence-corrected chi connectivity index (χ0v) is 11.4. The van der Waals surface area contributed by atoms with E-state index < -0.39 is 28.6 Å². The molecule has 7 nitrogen and oxygen atoms in total. The molecule has 0 unspecified atom stereocenters. The lowest BCUT2D eigenvalue weighted by Crippen LogP contribution is -2.27. The number of nitrogens with zero attached hydrogens (tertiary/aromatic N) is 2. The van der Waals surface area contributed by atoms with Crippen LogP contribution >= 0.6 is 0 Å². The fourth-order valence-electron chi connectivity index (χ4n) is 2.04. The van der Waals surface area contributed by atoms with Gasteiger partial charge in [-0.2, -0.15) is 0 Å². The smallest absolute Gasteiger partial charge is 0.267 e. The highest BCUT2D eigenvalue weighted by Crippen LogP contribution is 2.17. The summed E-state index contributed by atoms with van der Waals surface area (Å²) < 4.78 is 14.3. The van der Waals surface area contributed by atoms with Gasteiger partial charge in [0, 0.05) is 19.3 Å². The molecule has 22 heavy (non-hydrogen) atoms. The summed E-state index contributed by atoms with van der Waals surface area (Å²) in [6, 6.07) is 5.18. The summed E-state index contributed by atoms with van der Waals surface area (Å²) in [5, 5.41) is 12.1. The molecule has 3 aromatic rings. The second-order valence-electron chi connectivity index (χ2n) is 4.69. The molecule has 1 aromatic carbocycles. The van der Waals surface area contributed by atoms with Gasteiger partial charge in [-0.1, -0.05) is 0 Å². The lowest BCUT2D eigenvalue weighted by Gasteiger charge is -2.05. The number of aromatic nitrogens is 3. The zero-order chi connectivity index (χ0) is 15.9. The van der Waals surface area contributed by atoms with Crippen LogP contribution in [-0.4, -0.2) is 25.5 Å². The van der Waals surface area contributed by atoms with Crippen molar-refractivity contribution < 1.29 is 14.3 Å². The van der Waals surface area contributed by atoms with Crippen molar-refractivity contribution in [3.8, 4) is 5.75 Å². The van der Waals surface area contributed by atoms with Crippen LogP contribution in [0, 0.1) is 5.82 Å². The molecule has 0 fully saturated rings. The van der Waals surface area contributed by atoms with Crippen molar-refractivity contribution in [3.05, 3.63) is 52.2 Å². The third-order valence-electron chi connectivity index (χ3n) is 3.15. The van der Waals surface area contributed by atoms with Gasteiger partial charge in [-0.3, -0.25) is 14.9 Å². The van der Waals surface area contributed by atoms with Crippen molar-refractivity contribution >= 4 is 22.9 Å². The van der Waals surface area contributed by atoms with E-state index >= 15 is 0 Å². The number of nitrogens with one attached hydrogen (secondary N) is 2. The maximum Gasteiger partial charge on any atom is 0.267 e. The minimum atomic E-state index is -0.807. The van der Waals surface area contributed by atoms with E-state index in [1.165, 1.54) is 42.1 Å². The van der Waals surface area contributed by atoms with Crippen molar-refractivity contribution in [2.45, 2.75) is 0 Å². The summed E-state index contributed by atoms with van der Waals surface area (Å²) in [4.78, 5) is 30.8. The number of anilines is 1. The number of aromatic amines is 1. The summed E-state index contributed by atoms with van der Waals surface area (Å²) in [5.41, 5.74) is -0.168. The summed E-state index contributed by atoms with van der Waals surface area (Å²) in [6.45, 7) is 0. The van der Waals surface area contributed by atoms with Crippen LogP contribution in [0.4, 0.5) is 10.3 Å². The first-order chi connectivity index (χ1) is 10.5. The fraction of sp³-hybridized carbons (Fsp3) is 0.0714. The maximum atomic E-state index is 13.1. The Balaban J connectivity index is 1.97. The van der Waals surface area contributed by atoms with Crippen LogP contribution in [0.3, 0.4) is 0 Å². The van der Waals surface area contributed by atoms with Crippen LogP contribution in [0.1, 0.15) is 10.4 Å². The number of halogens is 1. The zero-order valence-electron chi connectivity index (χ0n) is 11.4. The Morgan fingerprint density at radius 2 is 2.18 bits per heavy atom. The van der Waals surface area contributed by atoms with Gasteiger partial charge < -0.3 is 14.7 Å². The van der Waals surface area contributed by atoms with Gasteiger partial charge in [-0.05, 0) is 18.2 Å². The Labute approximate surface area is 123 Å². The topological polar surface area (TPSA) is 100 Å². The van der Waals surface area contributed by atoms with Crippen LogP contribution in [0.25, 0.3) is 11.0 Å². The molecule has 112 valence electrons. The van der Waals surface area contributed by atoms with Gasteiger partial charge in [-0.25, -0.2) is 9.37 Å². The number of imidazole rings is 1. The Hall–Kier alpha value is -3.16. The number of carbonyl (C=O) groups is 1. The molecule has 0 aliphatic carbocycles. The lowest BCUT2D eigenvalue weighted by atomic mass is 10.2. The van der Waals surface area contributed by atoms with E-state index in [4.69, 9.17) is 0 Å². The second-order valence-corrected chi connectivity index (χ2v) is 4.69. The molecule has 2 heterocycles. The van der Waals surface area contributed by atoms with E-state index in [0.717, 1.165) is 0 Å². The third kappa shape index (κ3) is 2.30. The summed E-state index contributed by atoms with van der Waals surface area (Å²) in [6.07, 6.45) is 1.35. The predicted octanol–water partition coefficient (Wildman–Crippen LogP) is 1.36. The molecule has 0 aliphatic heterocycles. The average Bonchev–Trinajstić information content (AvgIpc) is 2.84. The number of hydrogen-bond donors (Lipinski definition) is 3. The summed E-state index contributed by atoms with van der Waals surface area (Å²) in [5.74, 6) is -1.64. The molecule has 0 atom stereocenters. The SMILES string of the molecule is Cn1ccc(O)c(C(=O)Nc2nc3cc(F)ccc3[nH]2)c1=O. The highest BCUT2D eigenvalue weighted by Gasteiger charge is 2.18. The summed E-state index contributed by atoms with van der Waals surface area (Å²) >= 11 is 0. The van der Waals surface area contributed by atoms with Gasteiger partial charge in [0.2, 0.25) is 5.95 Å². The number of rotatable bonds is 2. The van der Waals surface area contributed by atoms with Gasteiger partial charge in [0.25, 0.3) is 11.5 Å². The van der Waals surface area contributed by atoms with Crippen LogP contribution in [0.2, 0.25) is 0 Å². The normalized spacial score (nSPS) is 10.8. The number of fused-ring (bicyclic) bond motifs is 1. The predicted molar refractivity (Wildman–Crippen MR) is 77.4 cm³/mol. The number of hydrogen-bond acceptors (Lipinski definition) is 4. The van der Waals surface area contributed by atoms with Crippen molar-refractivity contribution in [3.63, 3.8) is 0 Å². The number of aryl methyl sites for hydroxylation is 1. The molecule has 1 amide bonds. The van der Waals surface area contributed by atoms with E-state index in [1.807, 2.05) is 0 Å². The Bertz CT molecular complexity index is 945. The molecule has 3 N–H and O–H groups in total. The van der Waals surface area contributed by atoms with Gasteiger partial charge in [0.15, 0.2) is 0 Å². The van der Waals surface area contributed by atoms with E-state index in [2.05, 4.69) is 15.3 Å². The van der Waals surface area contributed by atoms with Crippen molar-refractivity contribution in [1.29, 1.82) is 0 Å². The lowest BCUT2D eigenvalue weighted by molar-refractivity contribution is 0.102. The monoisotopic (exact) mass is 302 g/mol. The van der Waals surface area contributed by atoms with E-state index in [9.17, 15) is 19.1 Å². The maximum absolute atomic E-state index is 13.1. The first-order valence-corrected chi connectivity index (χ1v) is 6.31. The second kappa shape index (κ2) is 4.99. The number of carbonyl (C=O) groups excluding carboxylic acids is 1. The number of benzene rings is 1. The average molecular weight is 302 g/mol. The molecule has 2 aromatic heterocycles. The highest BCUT2D eigenvalue weighted by molar-refractivity contribution is 6.05. The third-order valence-corrected chi connectivity index (χ3v) is 3.15. The van der Waals surface area contributed by atoms with Gasteiger partial charge >= 0.3 is 0 Å². The van der Waals surface area contributed by atoms with Gasteiger partial charge in [-0.15, -0.1) is 0 Å². The molecular weight excluding hydrogens is 291 g/mol. The van der Waals surface area contributed by atoms with Crippen LogP contribution in [0.5, 0.6) is 5.75 Å². The number of pyridine rings is 1. The van der Waals surface area contributed by atoms with E-state index in [0.29, 0.717) is 11.0 Å². The van der Waals surface area contributed by atoms with Crippen LogP contribution < -0.4 is 10.9 Å². The van der Waals surface area contributed by atoms with E-state index in [-0.39, 0.29) is 5.95 Å². The van der Waals surface area contributed by atoms with Gasteiger partial charge in [0.05, 0.1) is 11.0 Å². The molecular formula is C14H11FN4O3. The molecule has 0 saturated heterocycles. The fourth-order valence-corrected chi connectivity index (χ4v) is 2.04. The van der Waals surface area contributed by atoms with Crippen molar-refractivity contribution in [1.82, 2.24) is 14.5 Å². The van der Waals surface area contributed by atoms with Crippen molar-refractivity contribution in [2.24, 2.45) is 7.05 Å². The molecule has 0 saturated carbocycles. The Morgan fingerprint density at radius 3 is 2.95 bits per heavy atom. The number of H-pyrrole nitrogens is 1. The number of aromatic hydroxyl groups is 1. The molecule has 0 spiro atoms. The van der Waals surface area contributed by atoms with E-state index in [1.54, 1.807) is 0 Å². The molecule has 0 bridgehead atoms. The Kier molecular flexibility index (Phi) is 3.13. The largest absolute Gasteiger partial charge is 0.507 e. The minimum Gasteiger partial charge on any atom is -0.507 e.